The molecule has 0 atom stereocenters. The average molecular weight is 297 g/mol. The third-order valence-electron chi connectivity index (χ3n) is 1.02. The first-order chi connectivity index (χ1) is 5.59. The molecule has 4 nitrogen and oxygen atoms in total. The van der Waals surface area contributed by atoms with Gasteiger partial charge < -0.3 is 4.42 Å². The van der Waals surface area contributed by atoms with Gasteiger partial charge in [-0.25, -0.2) is 0 Å². The van der Waals surface area contributed by atoms with Gasteiger partial charge in [-0.2, -0.15) is 0 Å². The Morgan fingerprint density at radius 3 is 2.83 bits per heavy atom. The first kappa shape index (κ1) is 9.47. The van der Waals surface area contributed by atoms with Crippen LogP contribution in [0.4, 0.5) is 0 Å². The van der Waals surface area contributed by atoms with Gasteiger partial charge in [0.1, 0.15) is 12.0 Å². The molecule has 0 aliphatic rings. The van der Waals surface area contributed by atoms with Crippen LogP contribution in [0.5, 0.6) is 0 Å². The lowest BCUT2D eigenvalue weighted by Crippen LogP contribution is -1.88. The molecular formula is C6H3Br2NO3. The highest BCUT2D eigenvalue weighted by atomic mass is 79.9. The topological polar surface area (TPSA) is 56.3 Å². The summed E-state index contributed by atoms with van der Waals surface area (Å²) in [6, 6.07) is 1.63. The quantitative estimate of drug-likeness (QED) is 0.479. The summed E-state index contributed by atoms with van der Waals surface area (Å²) in [5.41, 5.74) is 0. The van der Waals surface area contributed by atoms with Crippen LogP contribution in [0.2, 0.25) is 0 Å². The van der Waals surface area contributed by atoms with Gasteiger partial charge in [0.2, 0.25) is 0 Å². The second-order valence-electron chi connectivity index (χ2n) is 1.89. The smallest absolute Gasteiger partial charge is 0.314 e. The van der Waals surface area contributed by atoms with E-state index in [2.05, 4.69) is 31.9 Å². The summed E-state index contributed by atoms with van der Waals surface area (Å²) < 4.78 is 5.54. The number of halogens is 2. The van der Waals surface area contributed by atoms with E-state index in [1.807, 2.05) is 0 Å². The highest BCUT2D eigenvalue weighted by molar-refractivity contribution is 9.11. The van der Waals surface area contributed by atoms with Crippen LogP contribution in [0, 0.1) is 10.1 Å². The minimum atomic E-state index is -0.545. The zero-order chi connectivity index (χ0) is 9.14. The molecule has 0 aromatic carbocycles. The predicted molar refractivity (Wildman–Crippen MR) is 50.3 cm³/mol. The van der Waals surface area contributed by atoms with E-state index in [0.29, 0.717) is 5.76 Å². The van der Waals surface area contributed by atoms with Crippen molar-refractivity contribution >= 4 is 37.9 Å². The zero-order valence-corrected chi connectivity index (χ0v) is 8.83. The van der Waals surface area contributed by atoms with Crippen LogP contribution in [-0.4, -0.2) is 4.92 Å². The molecule has 1 aromatic heterocycles. The van der Waals surface area contributed by atoms with Crippen molar-refractivity contribution in [2.75, 3.05) is 0 Å². The number of nitro groups is 1. The molecular weight excluding hydrogens is 294 g/mol. The van der Waals surface area contributed by atoms with Crippen LogP contribution in [-0.2, 0) is 0 Å². The second-order valence-corrected chi connectivity index (χ2v) is 3.62. The Balaban J connectivity index is 2.87. The Morgan fingerprint density at radius 2 is 2.42 bits per heavy atom. The molecule has 12 heavy (non-hydrogen) atoms. The van der Waals surface area contributed by atoms with Crippen molar-refractivity contribution in [3.63, 3.8) is 0 Å². The number of furan rings is 1. The Hall–Kier alpha value is -0.620. The third kappa shape index (κ3) is 2.46. The van der Waals surface area contributed by atoms with E-state index in [1.165, 1.54) is 12.3 Å². The molecule has 1 aromatic rings. The number of hydrogen-bond acceptors (Lipinski definition) is 3. The van der Waals surface area contributed by atoms with Gasteiger partial charge in [0.05, 0.1) is 15.5 Å². The molecule has 0 bridgehead atoms. The Kier molecular flexibility index (Phi) is 3.05. The van der Waals surface area contributed by atoms with E-state index >= 15 is 0 Å². The van der Waals surface area contributed by atoms with Crippen molar-refractivity contribution in [3.8, 4) is 0 Å². The van der Waals surface area contributed by atoms with Gasteiger partial charge in [-0.05, 0) is 22.0 Å². The van der Waals surface area contributed by atoms with Crippen molar-refractivity contribution in [2.24, 2.45) is 0 Å². The van der Waals surface area contributed by atoms with Crippen LogP contribution in [0.3, 0.4) is 0 Å². The third-order valence-corrected chi connectivity index (χ3v) is 1.96. The normalized spacial score (nSPS) is 11.7. The summed E-state index contributed by atoms with van der Waals surface area (Å²) in [6.07, 6.45) is 2.73. The number of rotatable bonds is 2. The summed E-state index contributed by atoms with van der Waals surface area (Å²) in [4.78, 5) is 9.60. The second kappa shape index (κ2) is 3.86. The van der Waals surface area contributed by atoms with E-state index in [9.17, 15) is 10.1 Å². The summed E-state index contributed by atoms with van der Waals surface area (Å²) in [5.74, 6) is 0.422. The lowest BCUT2D eigenvalue weighted by molar-refractivity contribution is -0.407. The molecule has 0 radical (unpaired) electrons. The monoisotopic (exact) mass is 295 g/mol. The molecule has 0 fully saturated rings. The fraction of sp³-hybridized carbons (Fsp3) is 0. The number of nitrogens with zero attached hydrogens (tertiary/aromatic N) is 1. The molecule has 1 rings (SSSR count). The van der Waals surface area contributed by atoms with Crippen LogP contribution < -0.4 is 0 Å². The maximum Gasteiger partial charge on any atom is 0.314 e. The van der Waals surface area contributed by atoms with Crippen LogP contribution in [0.15, 0.2) is 25.8 Å². The summed E-state index contributed by atoms with van der Waals surface area (Å²) >= 11 is 5.93. The maximum atomic E-state index is 10.1. The Bertz CT molecular complexity index is 331. The summed E-state index contributed by atoms with van der Waals surface area (Å²) in [6.45, 7) is 0. The van der Waals surface area contributed by atoms with E-state index < -0.39 is 4.92 Å². The molecule has 0 unspecified atom stereocenters. The number of hydrogen-bond donors (Lipinski definition) is 0. The predicted octanol–water partition coefficient (Wildman–Crippen LogP) is 3.01. The van der Waals surface area contributed by atoms with Crippen LogP contribution in [0.25, 0.3) is 6.08 Å². The fourth-order valence-electron chi connectivity index (χ4n) is 0.574. The molecule has 0 spiro atoms. The molecule has 0 N–H and O–H groups in total. The molecule has 0 aliphatic carbocycles. The van der Waals surface area contributed by atoms with E-state index in [4.69, 9.17) is 4.42 Å². The van der Waals surface area contributed by atoms with Crippen molar-refractivity contribution < 1.29 is 9.34 Å². The molecule has 0 saturated carbocycles. The van der Waals surface area contributed by atoms with Crippen molar-refractivity contribution in [3.05, 3.63) is 37.3 Å². The highest BCUT2D eigenvalue weighted by Gasteiger charge is 2.06. The van der Waals surface area contributed by atoms with Crippen molar-refractivity contribution in [1.29, 1.82) is 0 Å². The first-order valence-corrected chi connectivity index (χ1v) is 4.44. The minimum Gasteiger partial charge on any atom is -0.463 e. The Labute approximate surface area is 84.7 Å². The summed E-state index contributed by atoms with van der Waals surface area (Å²) in [7, 11) is 0. The van der Waals surface area contributed by atoms with Crippen molar-refractivity contribution in [1.82, 2.24) is 0 Å². The molecule has 6 heteroatoms. The van der Waals surface area contributed by atoms with Crippen LogP contribution in [0.1, 0.15) is 5.76 Å². The SMILES string of the molecule is O=[N+]([O-])/C(Br)=C/c1cc(Br)co1. The van der Waals surface area contributed by atoms with Gasteiger partial charge in [-0.1, -0.05) is 0 Å². The van der Waals surface area contributed by atoms with Gasteiger partial charge in [0.15, 0.2) is 0 Å². The molecule has 1 heterocycles. The van der Waals surface area contributed by atoms with E-state index in [0.717, 1.165) is 4.47 Å². The largest absolute Gasteiger partial charge is 0.463 e. The highest BCUT2D eigenvalue weighted by Crippen LogP contribution is 2.18. The van der Waals surface area contributed by atoms with Gasteiger partial charge in [0.25, 0.3) is 0 Å². The molecule has 0 aliphatic heterocycles. The minimum absolute atomic E-state index is 0.135. The lowest BCUT2D eigenvalue weighted by atomic mass is 10.4. The lowest BCUT2D eigenvalue weighted by Gasteiger charge is -1.84. The van der Waals surface area contributed by atoms with Gasteiger partial charge in [-0.15, -0.1) is 0 Å². The van der Waals surface area contributed by atoms with E-state index in [-0.39, 0.29) is 4.61 Å². The molecule has 0 saturated heterocycles. The molecule has 0 amide bonds. The fourth-order valence-corrected chi connectivity index (χ4v) is 1.12. The van der Waals surface area contributed by atoms with Gasteiger partial charge in [0, 0.05) is 15.9 Å². The standard InChI is InChI=1S/C6H3Br2NO3/c7-4-1-5(12-3-4)2-6(8)9(10)11/h1-3H/b6-2+. The van der Waals surface area contributed by atoms with Crippen molar-refractivity contribution in [2.45, 2.75) is 0 Å². The zero-order valence-electron chi connectivity index (χ0n) is 5.66. The summed E-state index contributed by atoms with van der Waals surface area (Å²) in [5, 5.41) is 10.1. The van der Waals surface area contributed by atoms with Crippen LogP contribution >= 0.6 is 31.9 Å². The first-order valence-electron chi connectivity index (χ1n) is 2.85. The van der Waals surface area contributed by atoms with Gasteiger partial charge in [-0.3, -0.25) is 10.1 Å². The van der Waals surface area contributed by atoms with Gasteiger partial charge >= 0.3 is 4.61 Å². The average Bonchev–Trinajstić information content (AvgIpc) is 2.35. The Morgan fingerprint density at radius 1 is 1.75 bits per heavy atom. The maximum absolute atomic E-state index is 10.1. The molecule has 64 valence electrons. The van der Waals surface area contributed by atoms with E-state index in [1.54, 1.807) is 6.07 Å².